The maximum absolute atomic E-state index is 13.0. The van der Waals surface area contributed by atoms with Crippen LogP contribution in [-0.2, 0) is 23.7 Å². The summed E-state index contributed by atoms with van der Waals surface area (Å²) in [5.74, 6) is -0.705. The SMILES string of the molecule is CCOC(=O)c1nc(Br)n(C(C)(C)C)c1C(Cc1cc(C)c(=O)n(C)c1)c1ccc(Cl)cc1. The Morgan fingerprint density at radius 1 is 1.24 bits per heavy atom. The summed E-state index contributed by atoms with van der Waals surface area (Å²) in [6, 6.07) is 9.51. The van der Waals surface area contributed by atoms with Gasteiger partial charge in [-0.3, -0.25) is 4.79 Å². The third kappa shape index (κ3) is 5.41. The zero-order chi connectivity index (χ0) is 24.5. The van der Waals surface area contributed by atoms with E-state index in [2.05, 4.69) is 41.7 Å². The smallest absolute Gasteiger partial charge is 0.358 e. The third-order valence-electron chi connectivity index (χ3n) is 5.47. The molecule has 0 saturated carbocycles. The molecule has 6 nitrogen and oxygen atoms in total. The average Bonchev–Trinajstić information content (AvgIpc) is 3.08. The summed E-state index contributed by atoms with van der Waals surface area (Å²) in [5.41, 5.74) is 3.26. The van der Waals surface area contributed by atoms with Gasteiger partial charge in [0.25, 0.3) is 5.56 Å². The van der Waals surface area contributed by atoms with Crippen LogP contribution >= 0.6 is 27.5 Å². The van der Waals surface area contributed by atoms with Gasteiger partial charge in [-0.15, -0.1) is 0 Å². The Morgan fingerprint density at radius 2 is 1.88 bits per heavy atom. The molecule has 0 aliphatic heterocycles. The largest absolute Gasteiger partial charge is 0.461 e. The number of aryl methyl sites for hydroxylation is 2. The Hall–Kier alpha value is -2.38. The summed E-state index contributed by atoms with van der Waals surface area (Å²) in [7, 11) is 1.75. The van der Waals surface area contributed by atoms with E-state index in [-0.39, 0.29) is 29.3 Å². The highest BCUT2D eigenvalue weighted by Gasteiger charge is 2.34. The van der Waals surface area contributed by atoms with E-state index >= 15 is 0 Å². The lowest BCUT2D eigenvalue weighted by molar-refractivity contribution is 0.0518. The Morgan fingerprint density at radius 3 is 2.42 bits per heavy atom. The van der Waals surface area contributed by atoms with Gasteiger partial charge in [0.2, 0.25) is 0 Å². The molecule has 0 N–H and O–H groups in total. The Bertz CT molecular complexity index is 1200. The van der Waals surface area contributed by atoms with Gasteiger partial charge in [-0.25, -0.2) is 9.78 Å². The van der Waals surface area contributed by atoms with Crippen LogP contribution in [0.3, 0.4) is 0 Å². The van der Waals surface area contributed by atoms with Crippen molar-refractivity contribution in [2.24, 2.45) is 7.05 Å². The summed E-state index contributed by atoms with van der Waals surface area (Å²) < 4.78 is 9.54. The highest BCUT2D eigenvalue weighted by Crippen LogP contribution is 2.37. The predicted molar refractivity (Wildman–Crippen MR) is 134 cm³/mol. The van der Waals surface area contributed by atoms with Crippen molar-refractivity contribution in [1.29, 1.82) is 0 Å². The zero-order valence-electron chi connectivity index (χ0n) is 19.8. The number of hydrogen-bond acceptors (Lipinski definition) is 4. The van der Waals surface area contributed by atoms with Gasteiger partial charge in [0.05, 0.1) is 12.3 Å². The molecular weight excluding hydrogens is 506 g/mol. The van der Waals surface area contributed by atoms with Crippen LogP contribution in [0.5, 0.6) is 0 Å². The third-order valence-corrected chi connectivity index (χ3v) is 6.26. The van der Waals surface area contributed by atoms with E-state index in [4.69, 9.17) is 16.3 Å². The van der Waals surface area contributed by atoms with E-state index in [0.717, 1.165) is 16.8 Å². The molecule has 1 aromatic carbocycles. The number of rotatable bonds is 6. The Kier molecular flexibility index (Phi) is 7.54. The molecule has 0 aliphatic carbocycles. The van der Waals surface area contributed by atoms with E-state index in [9.17, 15) is 9.59 Å². The number of nitrogens with zero attached hydrogens (tertiary/aromatic N) is 3. The molecule has 2 aromatic heterocycles. The van der Waals surface area contributed by atoms with E-state index in [1.807, 2.05) is 48.0 Å². The second kappa shape index (κ2) is 9.85. The average molecular weight is 535 g/mol. The minimum atomic E-state index is -0.466. The molecule has 0 fully saturated rings. The number of hydrogen-bond donors (Lipinski definition) is 0. The number of imidazole rings is 1. The molecule has 3 aromatic rings. The number of esters is 1. The summed E-state index contributed by atoms with van der Waals surface area (Å²) in [5, 5.41) is 0.631. The highest BCUT2D eigenvalue weighted by molar-refractivity contribution is 9.10. The summed E-state index contributed by atoms with van der Waals surface area (Å²) in [6.07, 6.45) is 2.40. The van der Waals surface area contributed by atoms with Crippen LogP contribution in [-0.4, -0.2) is 26.7 Å². The Labute approximate surface area is 207 Å². The van der Waals surface area contributed by atoms with Crippen molar-refractivity contribution < 1.29 is 9.53 Å². The van der Waals surface area contributed by atoms with Gasteiger partial charge < -0.3 is 13.9 Å². The molecular formula is C25H29BrClN3O3. The lowest BCUT2D eigenvalue weighted by Crippen LogP contribution is -2.28. The number of carbonyl (C=O) groups is 1. The van der Waals surface area contributed by atoms with Gasteiger partial charge in [-0.1, -0.05) is 23.7 Å². The fraction of sp³-hybridized carbons (Fsp3) is 0.400. The topological polar surface area (TPSA) is 66.1 Å². The number of pyridine rings is 1. The van der Waals surface area contributed by atoms with Gasteiger partial charge in [-0.2, -0.15) is 0 Å². The molecule has 1 unspecified atom stereocenters. The van der Waals surface area contributed by atoms with E-state index < -0.39 is 5.97 Å². The number of benzene rings is 1. The molecule has 2 heterocycles. The van der Waals surface area contributed by atoms with Gasteiger partial charge in [0, 0.05) is 35.3 Å². The maximum Gasteiger partial charge on any atom is 0.358 e. The quantitative estimate of drug-likeness (QED) is 0.386. The summed E-state index contributed by atoms with van der Waals surface area (Å²) in [6.45, 7) is 10.0. The van der Waals surface area contributed by atoms with Gasteiger partial charge in [0.1, 0.15) is 0 Å². The number of carbonyl (C=O) groups excluding carboxylic acids is 1. The minimum absolute atomic E-state index is 0.0310. The van der Waals surface area contributed by atoms with Crippen molar-refractivity contribution in [1.82, 2.24) is 14.1 Å². The molecule has 176 valence electrons. The molecule has 3 rings (SSSR count). The molecule has 0 radical (unpaired) electrons. The Balaban J connectivity index is 2.29. The first-order valence-corrected chi connectivity index (χ1v) is 12.0. The van der Waals surface area contributed by atoms with Crippen molar-refractivity contribution in [2.45, 2.75) is 52.5 Å². The van der Waals surface area contributed by atoms with Gasteiger partial charge in [0.15, 0.2) is 10.4 Å². The normalized spacial score (nSPS) is 12.6. The fourth-order valence-corrected chi connectivity index (χ4v) is 5.12. The van der Waals surface area contributed by atoms with E-state index in [1.165, 1.54) is 0 Å². The second-order valence-corrected chi connectivity index (χ2v) is 10.2. The first-order chi connectivity index (χ1) is 15.4. The minimum Gasteiger partial charge on any atom is -0.461 e. The molecule has 33 heavy (non-hydrogen) atoms. The van der Waals surface area contributed by atoms with E-state index in [0.29, 0.717) is 21.7 Å². The van der Waals surface area contributed by atoms with Crippen LogP contribution in [0.2, 0.25) is 5.02 Å². The second-order valence-electron chi connectivity index (χ2n) is 9.10. The van der Waals surface area contributed by atoms with Crippen molar-refractivity contribution in [3.8, 4) is 0 Å². The first kappa shape index (κ1) is 25.2. The van der Waals surface area contributed by atoms with Crippen molar-refractivity contribution in [3.63, 3.8) is 0 Å². The van der Waals surface area contributed by atoms with Gasteiger partial charge in [-0.05, 0) is 86.3 Å². The van der Waals surface area contributed by atoms with Crippen molar-refractivity contribution in [2.75, 3.05) is 6.61 Å². The number of ether oxygens (including phenoxy) is 1. The molecule has 8 heteroatoms. The lowest BCUT2D eigenvalue weighted by Gasteiger charge is -2.29. The zero-order valence-corrected chi connectivity index (χ0v) is 22.1. The maximum atomic E-state index is 13.0. The van der Waals surface area contributed by atoms with Crippen LogP contribution in [0.15, 0.2) is 46.1 Å². The predicted octanol–water partition coefficient (Wildman–Crippen LogP) is 5.61. The van der Waals surface area contributed by atoms with Crippen LogP contribution in [0.4, 0.5) is 0 Å². The van der Waals surface area contributed by atoms with Crippen molar-refractivity contribution in [3.05, 3.63) is 84.7 Å². The number of halogens is 2. The highest BCUT2D eigenvalue weighted by atomic mass is 79.9. The lowest BCUT2D eigenvalue weighted by atomic mass is 9.87. The molecule has 0 aliphatic rings. The monoisotopic (exact) mass is 533 g/mol. The van der Waals surface area contributed by atoms with E-state index in [1.54, 1.807) is 18.5 Å². The van der Waals surface area contributed by atoms with Gasteiger partial charge >= 0.3 is 5.97 Å². The molecule has 0 amide bonds. The summed E-state index contributed by atoms with van der Waals surface area (Å²) in [4.78, 5) is 29.8. The number of aromatic nitrogens is 3. The van der Waals surface area contributed by atoms with Crippen LogP contribution in [0.25, 0.3) is 0 Å². The molecule has 0 spiro atoms. The molecule has 1 atom stereocenters. The summed E-state index contributed by atoms with van der Waals surface area (Å²) >= 11 is 9.75. The fourth-order valence-electron chi connectivity index (χ4n) is 4.09. The standard InChI is InChI=1S/C25H29BrClN3O3/c1-7-33-23(32)20-21(30(24(26)28-20)25(3,4)5)19(17-8-10-18(27)11-9-17)13-16-12-15(2)22(31)29(6)14-16/h8-12,14,19H,7,13H2,1-6H3. The molecule has 0 bridgehead atoms. The van der Waals surface area contributed by atoms with Crippen LogP contribution in [0, 0.1) is 6.92 Å². The van der Waals surface area contributed by atoms with Crippen molar-refractivity contribution >= 4 is 33.5 Å². The molecule has 0 saturated heterocycles. The van der Waals surface area contributed by atoms with Crippen LogP contribution < -0.4 is 5.56 Å². The van der Waals surface area contributed by atoms with Crippen LogP contribution in [0.1, 0.15) is 66.5 Å². The first-order valence-electron chi connectivity index (χ1n) is 10.8.